The minimum atomic E-state index is -0.490. The van der Waals surface area contributed by atoms with Crippen molar-refractivity contribution >= 4 is 33.1 Å². The number of rotatable bonds is 8. The van der Waals surface area contributed by atoms with Gasteiger partial charge in [-0.05, 0) is 48.4 Å². The number of hydrogen-bond acceptors (Lipinski definition) is 6. The molecular weight excluding hydrogens is 424 g/mol. The monoisotopic (exact) mass is 448 g/mol. The van der Waals surface area contributed by atoms with Crippen LogP contribution >= 0.6 is 11.3 Å². The predicted molar refractivity (Wildman–Crippen MR) is 127 cm³/mol. The number of carbonyl (C=O) groups excluding carboxylic acids is 1. The van der Waals surface area contributed by atoms with Crippen molar-refractivity contribution < 1.29 is 19.0 Å². The van der Waals surface area contributed by atoms with E-state index >= 15 is 0 Å². The number of carbonyl (C=O) groups is 1. The number of benzene rings is 3. The van der Waals surface area contributed by atoms with Crippen LogP contribution < -0.4 is 19.5 Å². The molecule has 6 nitrogen and oxygen atoms in total. The number of ether oxygens (including phenoxy) is 3. The average Bonchev–Trinajstić information content (AvgIpc) is 3.26. The smallest absolute Gasteiger partial charge is 0.234 e. The van der Waals surface area contributed by atoms with Crippen LogP contribution in [-0.2, 0) is 11.2 Å². The van der Waals surface area contributed by atoms with Gasteiger partial charge in [0.05, 0.1) is 43.2 Å². The SMILES string of the molecule is COc1ccccc1NC(=O)[C@@H](Cc1ccc(OC)c(OC)c1)c1nc2ccccc2s1. The van der Waals surface area contributed by atoms with E-state index in [4.69, 9.17) is 19.2 Å². The van der Waals surface area contributed by atoms with Crippen molar-refractivity contribution in [3.05, 3.63) is 77.3 Å². The first kappa shape index (κ1) is 21.6. The fourth-order valence-electron chi connectivity index (χ4n) is 3.54. The summed E-state index contributed by atoms with van der Waals surface area (Å²) in [6.45, 7) is 0. The zero-order valence-corrected chi connectivity index (χ0v) is 18.9. The van der Waals surface area contributed by atoms with Crippen LogP contribution in [0.2, 0.25) is 0 Å². The van der Waals surface area contributed by atoms with E-state index in [0.717, 1.165) is 20.8 Å². The van der Waals surface area contributed by atoms with Crippen LogP contribution in [0.15, 0.2) is 66.7 Å². The Hall–Kier alpha value is -3.58. The van der Waals surface area contributed by atoms with Crippen LogP contribution in [0.3, 0.4) is 0 Å². The second-order valence-corrected chi connectivity index (χ2v) is 8.22. The van der Waals surface area contributed by atoms with Gasteiger partial charge in [0, 0.05) is 0 Å². The van der Waals surface area contributed by atoms with Crippen molar-refractivity contribution in [2.24, 2.45) is 0 Å². The van der Waals surface area contributed by atoms with Crippen LogP contribution in [0.25, 0.3) is 10.2 Å². The van der Waals surface area contributed by atoms with E-state index in [2.05, 4.69) is 5.32 Å². The summed E-state index contributed by atoms with van der Waals surface area (Å²) < 4.78 is 17.2. The van der Waals surface area contributed by atoms with Crippen LogP contribution in [0.1, 0.15) is 16.5 Å². The van der Waals surface area contributed by atoms with Gasteiger partial charge in [-0.25, -0.2) is 4.98 Å². The highest BCUT2D eigenvalue weighted by molar-refractivity contribution is 7.18. The topological polar surface area (TPSA) is 69.7 Å². The number of nitrogens with one attached hydrogen (secondary N) is 1. The lowest BCUT2D eigenvalue weighted by molar-refractivity contribution is -0.117. The molecule has 0 saturated heterocycles. The van der Waals surface area contributed by atoms with Gasteiger partial charge in [-0.3, -0.25) is 4.79 Å². The van der Waals surface area contributed by atoms with Crippen molar-refractivity contribution in [1.82, 2.24) is 4.98 Å². The normalized spacial score (nSPS) is 11.7. The third-order valence-electron chi connectivity index (χ3n) is 5.18. The largest absolute Gasteiger partial charge is 0.495 e. The molecule has 32 heavy (non-hydrogen) atoms. The van der Waals surface area contributed by atoms with Gasteiger partial charge in [0.1, 0.15) is 10.8 Å². The maximum absolute atomic E-state index is 13.5. The molecule has 1 heterocycles. The number of thiazole rings is 1. The summed E-state index contributed by atoms with van der Waals surface area (Å²) >= 11 is 1.53. The van der Waals surface area contributed by atoms with E-state index in [9.17, 15) is 4.79 Å². The molecule has 4 rings (SSSR count). The average molecular weight is 449 g/mol. The molecule has 0 aliphatic rings. The van der Waals surface area contributed by atoms with Crippen LogP contribution in [-0.4, -0.2) is 32.2 Å². The molecule has 0 radical (unpaired) electrons. The second-order valence-electron chi connectivity index (χ2n) is 7.16. The number of hydrogen-bond donors (Lipinski definition) is 1. The molecule has 0 unspecified atom stereocenters. The van der Waals surface area contributed by atoms with Gasteiger partial charge in [-0.2, -0.15) is 0 Å². The first-order valence-electron chi connectivity index (χ1n) is 10.1. The number of amides is 1. The Bertz CT molecular complexity index is 1200. The number of methoxy groups -OCH3 is 3. The molecule has 0 spiro atoms. The Morgan fingerprint density at radius 2 is 1.62 bits per heavy atom. The maximum Gasteiger partial charge on any atom is 0.234 e. The summed E-state index contributed by atoms with van der Waals surface area (Å²) in [5, 5.41) is 3.78. The van der Waals surface area contributed by atoms with Crippen LogP contribution in [0.4, 0.5) is 5.69 Å². The van der Waals surface area contributed by atoms with Crippen LogP contribution in [0, 0.1) is 0 Å². The van der Waals surface area contributed by atoms with Crippen molar-refractivity contribution in [1.29, 1.82) is 0 Å². The Balaban J connectivity index is 1.70. The highest BCUT2D eigenvalue weighted by Crippen LogP contribution is 2.34. The van der Waals surface area contributed by atoms with E-state index < -0.39 is 5.92 Å². The van der Waals surface area contributed by atoms with Gasteiger partial charge in [-0.1, -0.05) is 30.3 Å². The van der Waals surface area contributed by atoms with Gasteiger partial charge in [-0.15, -0.1) is 11.3 Å². The van der Waals surface area contributed by atoms with Gasteiger partial charge in [0.2, 0.25) is 5.91 Å². The summed E-state index contributed by atoms with van der Waals surface area (Å²) in [6.07, 6.45) is 0.459. The summed E-state index contributed by atoms with van der Waals surface area (Å²) in [5.74, 6) is 1.23. The third kappa shape index (κ3) is 4.53. The molecule has 0 saturated carbocycles. The van der Waals surface area contributed by atoms with E-state index in [1.54, 1.807) is 21.3 Å². The molecule has 3 aromatic carbocycles. The Morgan fingerprint density at radius 1 is 0.906 bits per heavy atom. The first-order valence-corrected chi connectivity index (χ1v) is 10.9. The van der Waals surface area contributed by atoms with E-state index in [-0.39, 0.29) is 5.91 Å². The van der Waals surface area contributed by atoms with Crippen molar-refractivity contribution in [3.8, 4) is 17.2 Å². The molecule has 0 aliphatic heterocycles. The Morgan fingerprint density at radius 3 is 2.38 bits per heavy atom. The van der Waals surface area contributed by atoms with Crippen molar-refractivity contribution in [2.45, 2.75) is 12.3 Å². The lowest BCUT2D eigenvalue weighted by Gasteiger charge is -2.17. The molecule has 0 aliphatic carbocycles. The van der Waals surface area contributed by atoms with E-state index in [0.29, 0.717) is 29.4 Å². The zero-order valence-electron chi connectivity index (χ0n) is 18.1. The maximum atomic E-state index is 13.5. The highest BCUT2D eigenvalue weighted by Gasteiger charge is 2.26. The molecule has 1 N–H and O–H groups in total. The number of fused-ring (bicyclic) bond motifs is 1. The quantitative estimate of drug-likeness (QED) is 0.397. The van der Waals surface area contributed by atoms with Gasteiger partial charge >= 0.3 is 0 Å². The third-order valence-corrected chi connectivity index (χ3v) is 6.33. The highest BCUT2D eigenvalue weighted by atomic mass is 32.1. The number of aromatic nitrogens is 1. The lowest BCUT2D eigenvalue weighted by atomic mass is 9.98. The number of nitrogens with zero attached hydrogens (tertiary/aromatic N) is 1. The van der Waals surface area contributed by atoms with Gasteiger partial charge < -0.3 is 19.5 Å². The summed E-state index contributed by atoms with van der Waals surface area (Å²) in [4.78, 5) is 18.2. The molecule has 164 valence electrons. The lowest BCUT2D eigenvalue weighted by Crippen LogP contribution is -2.23. The predicted octanol–water partition coefficient (Wildman–Crippen LogP) is 5.29. The van der Waals surface area contributed by atoms with Gasteiger partial charge in [0.15, 0.2) is 11.5 Å². The Kier molecular flexibility index (Phi) is 6.56. The summed E-state index contributed by atoms with van der Waals surface area (Å²) in [6, 6.07) is 21.0. The fraction of sp³-hybridized carbons (Fsp3) is 0.200. The molecule has 7 heteroatoms. The molecular formula is C25H24N2O4S. The van der Waals surface area contributed by atoms with Crippen molar-refractivity contribution in [3.63, 3.8) is 0 Å². The number of anilines is 1. The van der Waals surface area contributed by atoms with Crippen molar-refractivity contribution in [2.75, 3.05) is 26.6 Å². The summed E-state index contributed by atoms with van der Waals surface area (Å²) in [7, 11) is 4.78. The molecule has 4 aromatic rings. The van der Waals surface area contributed by atoms with Crippen LogP contribution in [0.5, 0.6) is 17.2 Å². The summed E-state index contributed by atoms with van der Waals surface area (Å²) in [5.41, 5.74) is 2.45. The molecule has 0 fully saturated rings. The van der Waals surface area contributed by atoms with E-state index in [1.807, 2.05) is 66.7 Å². The first-order chi connectivity index (χ1) is 15.6. The standard InChI is InChI=1S/C25H24N2O4S/c1-29-20-10-6-4-8-18(20)26-24(28)17(25-27-19-9-5-7-11-23(19)32-25)14-16-12-13-21(30-2)22(15-16)31-3/h4-13,15,17H,14H2,1-3H3,(H,26,28)/t17-/m1/s1. The minimum Gasteiger partial charge on any atom is -0.495 e. The second kappa shape index (κ2) is 9.70. The molecule has 1 aromatic heterocycles. The molecule has 1 amide bonds. The van der Waals surface area contributed by atoms with E-state index in [1.165, 1.54) is 11.3 Å². The van der Waals surface area contributed by atoms with Gasteiger partial charge in [0.25, 0.3) is 0 Å². The zero-order chi connectivity index (χ0) is 22.5. The number of para-hydroxylation sites is 3. The molecule has 0 bridgehead atoms. The minimum absolute atomic E-state index is 0.150. The Labute approximate surface area is 190 Å². The molecule has 1 atom stereocenters. The fourth-order valence-corrected chi connectivity index (χ4v) is 4.61.